The molecule has 0 unspecified atom stereocenters. The first-order chi connectivity index (χ1) is 8.95. The van der Waals surface area contributed by atoms with Crippen molar-refractivity contribution in [3.63, 3.8) is 0 Å². The molecule has 0 bridgehead atoms. The molecule has 4 nitrogen and oxygen atoms in total. The molecule has 1 aliphatic rings. The number of aliphatic hydroxyl groups is 1. The van der Waals surface area contributed by atoms with Crippen LogP contribution in [0.5, 0.6) is 0 Å². The third-order valence-electron chi connectivity index (χ3n) is 3.86. The second kappa shape index (κ2) is 5.18. The van der Waals surface area contributed by atoms with Crippen LogP contribution in [0.25, 0.3) is 0 Å². The lowest BCUT2D eigenvalue weighted by atomic mass is 10.0. The van der Waals surface area contributed by atoms with E-state index in [0.29, 0.717) is 17.9 Å². The van der Waals surface area contributed by atoms with Crippen molar-refractivity contribution in [1.82, 2.24) is 4.98 Å². The first-order valence-corrected chi connectivity index (χ1v) is 6.77. The Morgan fingerprint density at radius 3 is 2.63 bits per heavy atom. The van der Waals surface area contributed by atoms with Crippen LogP contribution in [-0.4, -0.2) is 29.3 Å². The lowest BCUT2D eigenvalue weighted by molar-refractivity contribution is 0.0558. The standard InChI is InChI=1S/C15H21N3O/c1-11-8-12(2)17-14(13(11)9-16)18(3)10-15(19)6-4-5-7-15/h8,19H,4-7,10H2,1-3H3. The van der Waals surface area contributed by atoms with Crippen LogP contribution in [0.1, 0.15) is 42.5 Å². The summed E-state index contributed by atoms with van der Waals surface area (Å²) < 4.78 is 0. The Morgan fingerprint density at radius 2 is 2.05 bits per heavy atom. The number of hydrogen-bond donors (Lipinski definition) is 1. The number of likely N-dealkylation sites (N-methyl/N-ethyl adjacent to an activating group) is 1. The Morgan fingerprint density at radius 1 is 1.42 bits per heavy atom. The quantitative estimate of drug-likeness (QED) is 0.905. The zero-order chi connectivity index (χ0) is 14.0. The molecule has 19 heavy (non-hydrogen) atoms. The van der Waals surface area contributed by atoms with Gasteiger partial charge in [-0.05, 0) is 38.3 Å². The van der Waals surface area contributed by atoms with E-state index in [1.54, 1.807) is 0 Å². The van der Waals surface area contributed by atoms with Crippen LogP contribution < -0.4 is 4.90 Å². The highest BCUT2D eigenvalue weighted by Crippen LogP contribution is 2.31. The summed E-state index contributed by atoms with van der Waals surface area (Å²) in [6.07, 6.45) is 3.83. The van der Waals surface area contributed by atoms with Crippen LogP contribution in [0.15, 0.2) is 6.07 Å². The molecule has 1 aromatic rings. The van der Waals surface area contributed by atoms with Crippen LogP contribution in [0.3, 0.4) is 0 Å². The number of rotatable bonds is 3. The number of nitrogens with zero attached hydrogens (tertiary/aromatic N) is 3. The molecule has 0 atom stereocenters. The van der Waals surface area contributed by atoms with Gasteiger partial charge in [0.25, 0.3) is 0 Å². The minimum atomic E-state index is -0.624. The Labute approximate surface area is 114 Å². The van der Waals surface area contributed by atoms with E-state index in [0.717, 1.165) is 36.9 Å². The van der Waals surface area contributed by atoms with Gasteiger partial charge in [-0.2, -0.15) is 5.26 Å². The zero-order valence-electron chi connectivity index (χ0n) is 11.9. The third kappa shape index (κ3) is 2.87. The van der Waals surface area contributed by atoms with E-state index in [9.17, 15) is 10.4 Å². The highest BCUT2D eigenvalue weighted by molar-refractivity contribution is 5.57. The molecule has 1 fully saturated rings. The zero-order valence-corrected chi connectivity index (χ0v) is 11.9. The van der Waals surface area contributed by atoms with E-state index in [2.05, 4.69) is 11.1 Å². The van der Waals surface area contributed by atoms with Gasteiger partial charge in [-0.25, -0.2) is 4.98 Å². The summed E-state index contributed by atoms with van der Waals surface area (Å²) in [5, 5.41) is 19.8. The highest BCUT2D eigenvalue weighted by atomic mass is 16.3. The molecule has 1 N–H and O–H groups in total. The van der Waals surface area contributed by atoms with E-state index in [-0.39, 0.29) is 0 Å². The van der Waals surface area contributed by atoms with Crippen molar-refractivity contribution in [2.75, 3.05) is 18.5 Å². The van der Waals surface area contributed by atoms with Gasteiger partial charge in [0.1, 0.15) is 11.9 Å². The average Bonchev–Trinajstić information content (AvgIpc) is 2.74. The van der Waals surface area contributed by atoms with Gasteiger partial charge in [0.2, 0.25) is 0 Å². The Hall–Kier alpha value is -1.60. The SMILES string of the molecule is Cc1cc(C)c(C#N)c(N(C)CC2(O)CCCC2)n1. The summed E-state index contributed by atoms with van der Waals surface area (Å²) in [6, 6.07) is 4.14. The summed E-state index contributed by atoms with van der Waals surface area (Å²) in [7, 11) is 1.90. The lowest BCUT2D eigenvalue weighted by Gasteiger charge is -2.30. The first-order valence-electron chi connectivity index (χ1n) is 6.77. The second-order valence-electron chi connectivity index (χ2n) is 5.68. The first kappa shape index (κ1) is 13.8. The number of pyridine rings is 1. The van der Waals surface area contributed by atoms with Crippen molar-refractivity contribution in [2.24, 2.45) is 0 Å². The maximum absolute atomic E-state index is 10.5. The van der Waals surface area contributed by atoms with E-state index in [1.807, 2.05) is 31.9 Å². The maximum atomic E-state index is 10.5. The Balaban J connectivity index is 2.28. The van der Waals surface area contributed by atoms with E-state index in [1.165, 1.54) is 0 Å². The van der Waals surface area contributed by atoms with Gasteiger partial charge in [0.05, 0.1) is 11.2 Å². The number of aryl methyl sites for hydroxylation is 2. The fraction of sp³-hybridized carbons (Fsp3) is 0.600. The van der Waals surface area contributed by atoms with Crippen molar-refractivity contribution in [3.8, 4) is 6.07 Å². The molecule has 1 saturated carbocycles. The van der Waals surface area contributed by atoms with Gasteiger partial charge in [-0.3, -0.25) is 0 Å². The minimum Gasteiger partial charge on any atom is -0.388 e. The fourth-order valence-electron chi connectivity index (χ4n) is 2.94. The number of anilines is 1. The Bertz CT molecular complexity index is 513. The Kier molecular flexibility index (Phi) is 3.77. The summed E-state index contributed by atoms with van der Waals surface area (Å²) >= 11 is 0. The lowest BCUT2D eigenvalue weighted by Crippen LogP contribution is -2.40. The summed E-state index contributed by atoms with van der Waals surface area (Å²) in [5.74, 6) is 0.681. The third-order valence-corrected chi connectivity index (χ3v) is 3.86. The minimum absolute atomic E-state index is 0.539. The predicted molar refractivity (Wildman–Crippen MR) is 75.1 cm³/mol. The molecule has 1 aliphatic carbocycles. The molecular weight excluding hydrogens is 238 g/mol. The largest absolute Gasteiger partial charge is 0.388 e. The normalized spacial score (nSPS) is 17.2. The molecule has 1 heterocycles. The molecule has 2 rings (SSSR count). The number of nitriles is 1. The summed E-state index contributed by atoms with van der Waals surface area (Å²) in [4.78, 5) is 6.39. The monoisotopic (exact) mass is 259 g/mol. The molecule has 0 saturated heterocycles. The van der Waals surface area contributed by atoms with Crippen LogP contribution in [0.2, 0.25) is 0 Å². The molecule has 0 amide bonds. The van der Waals surface area contributed by atoms with Gasteiger partial charge >= 0.3 is 0 Å². The van der Waals surface area contributed by atoms with Crippen molar-refractivity contribution in [2.45, 2.75) is 45.1 Å². The van der Waals surface area contributed by atoms with E-state index >= 15 is 0 Å². The molecule has 0 radical (unpaired) electrons. The molecule has 0 aromatic carbocycles. The molecule has 1 aromatic heterocycles. The highest BCUT2D eigenvalue weighted by Gasteiger charge is 2.33. The molecule has 0 spiro atoms. The smallest absolute Gasteiger partial charge is 0.146 e. The number of hydrogen-bond acceptors (Lipinski definition) is 4. The molecule has 102 valence electrons. The van der Waals surface area contributed by atoms with Crippen LogP contribution in [0.4, 0.5) is 5.82 Å². The fourth-order valence-corrected chi connectivity index (χ4v) is 2.94. The second-order valence-corrected chi connectivity index (χ2v) is 5.68. The predicted octanol–water partition coefficient (Wildman–Crippen LogP) is 2.31. The topological polar surface area (TPSA) is 60.2 Å². The van der Waals surface area contributed by atoms with Gasteiger partial charge in [0.15, 0.2) is 0 Å². The van der Waals surface area contributed by atoms with Crippen LogP contribution >= 0.6 is 0 Å². The van der Waals surface area contributed by atoms with E-state index in [4.69, 9.17) is 0 Å². The molecule has 0 aliphatic heterocycles. The summed E-state index contributed by atoms with van der Waals surface area (Å²) in [5.41, 5.74) is 1.82. The number of aromatic nitrogens is 1. The van der Waals surface area contributed by atoms with Gasteiger partial charge in [-0.15, -0.1) is 0 Å². The van der Waals surface area contributed by atoms with Crippen molar-refractivity contribution in [1.29, 1.82) is 5.26 Å². The van der Waals surface area contributed by atoms with Crippen molar-refractivity contribution in [3.05, 3.63) is 22.9 Å². The average molecular weight is 259 g/mol. The van der Waals surface area contributed by atoms with Crippen LogP contribution in [0, 0.1) is 25.2 Å². The maximum Gasteiger partial charge on any atom is 0.146 e. The van der Waals surface area contributed by atoms with Gasteiger partial charge in [-0.1, -0.05) is 12.8 Å². The molecule has 4 heteroatoms. The van der Waals surface area contributed by atoms with Crippen molar-refractivity contribution < 1.29 is 5.11 Å². The van der Waals surface area contributed by atoms with Gasteiger partial charge < -0.3 is 10.0 Å². The van der Waals surface area contributed by atoms with Crippen LogP contribution in [-0.2, 0) is 0 Å². The van der Waals surface area contributed by atoms with E-state index < -0.39 is 5.60 Å². The van der Waals surface area contributed by atoms with Gasteiger partial charge in [0, 0.05) is 19.3 Å². The van der Waals surface area contributed by atoms with Crippen molar-refractivity contribution >= 4 is 5.82 Å². The molecular formula is C15H21N3O. The summed E-state index contributed by atoms with van der Waals surface area (Å²) in [6.45, 7) is 4.39.